The smallest absolute Gasteiger partial charge is 0.314 e. The molecule has 1 rings (SSSR count). The van der Waals surface area contributed by atoms with E-state index in [4.69, 9.17) is 0 Å². The predicted molar refractivity (Wildman–Crippen MR) is 53.7 cm³/mol. The van der Waals surface area contributed by atoms with Crippen LogP contribution < -0.4 is 5.32 Å². The van der Waals surface area contributed by atoms with E-state index in [1.807, 2.05) is 4.90 Å². The fourth-order valence-electron chi connectivity index (χ4n) is 1.97. The molecule has 15 heavy (non-hydrogen) atoms. The van der Waals surface area contributed by atoms with E-state index in [9.17, 15) is 13.2 Å². The van der Waals surface area contributed by atoms with Gasteiger partial charge in [-0.1, -0.05) is 13.8 Å². The Morgan fingerprint density at radius 2 is 2.07 bits per heavy atom. The molecule has 1 aliphatic heterocycles. The van der Waals surface area contributed by atoms with Gasteiger partial charge in [0.25, 0.3) is 0 Å². The highest BCUT2D eigenvalue weighted by Crippen LogP contribution is 2.22. The fraction of sp³-hybridized carbons (Fsp3) is 1.00. The largest absolute Gasteiger partial charge is 0.390 e. The van der Waals surface area contributed by atoms with Crippen molar-refractivity contribution in [3.8, 4) is 0 Å². The zero-order chi connectivity index (χ0) is 11.5. The van der Waals surface area contributed by atoms with Gasteiger partial charge in [-0.25, -0.2) is 0 Å². The highest BCUT2D eigenvalue weighted by Gasteiger charge is 2.31. The third kappa shape index (κ3) is 4.38. The van der Waals surface area contributed by atoms with Crippen molar-refractivity contribution in [2.75, 3.05) is 26.2 Å². The number of nitrogens with one attached hydrogen (secondary N) is 1. The number of alkyl halides is 3. The minimum atomic E-state index is -4.04. The van der Waals surface area contributed by atoms with Crippen molar-refractivity contribution in [3.63, 3.8) is 0 Å². The maximum atomic E-state index is 12.1. The normalized spacial score (nSPS) is 24.8. The van der Waals surface area contributed by atoms with E-state index < -0.39 is 12.6 Å². The van der Waals surface area contributed by atoms with Crippen molar-refractivity contribution in [2.24, 2.45) is 5.92 Å². The van der Waals surface area contributed by atoms with Crippen molar-refractivity contribution in [1.82, 2.24) is 10.2 Å². The monoisotopic (exact) mass is 224 g/mol. The summed E-state index contributed by atoms with van der Waals surface area (Å²) in [5.41, 5.74) is 0. The Bertz CT molecular complexity index is 192. The van der Waals surface area contributed by atoms with Gasteiger partial charge in [-0.15, -0.1) is 0 Å². The Balaban J connectivity index is 2.43. The minimum absolute atomic E-state index is 0.133. The van der Waals surface area contributed by atoms with Crippen LogP contribution in [-0.4, -0.2) is 43.3 Å². The Kier molecular flexibility index (Phi) is 4.40. The molecule has 1 N–H and O–H groups in total. The van der Waals surface area contributed by atoms with Crippen LogP contribution in [0.25, 0.3) is 0 Å². The van der Waals surface area contributed by atoms with Crippen LogP contribution in [0.5, 0.6) is 0 Å². The van der Waals surface area contributed by atoms with Crippen LogP contribution in [0, 0.1) is 5.92 Å². The summed E-state index contributed by atoms with van der Waals surface area (Å²) in [7, 11) is 0. The topological polar surface area (TPSA) is 15.3 Å². The van der Waals surface area contributed by atoms with Crippen LogP contribution in [0.4, 0.5) is 13.2 Å². The molecule has 0 bridgehead atoms. The summed E-state index contributed by atoms with van der Waals surface area (Å²) < 4.78 is 36.3. The first-order chi connectivity index (χ1) is 6.90. The molecule has 0 radical (unpaired) electrons. The molecule has 0 aromatic heterocycles. The molecule has 1 aliphatic rings. The van der Waals surface area contributed by atoms with Crippen molar-refractivity contribution in [2.45, 2.75) is 32.5 Å². The van der Waals surface area contributed by atoms with Crippen LogP contribution in [0.1, 0.15) is 20.3 Å². The molecule has 1 unspecified atom stereocenters. The van der Waals surface area contributed by atoms with Crippen LogP contribution in [0.15, 0.2) is 0 Å². The summed E-state index contributed by atoms with van der Waals surface area (Å²) in [6, 6.07) is 0.237. The first-order valence-corrected chi connectivity index (χ1v) is 5.41. The lowest BCUT2D eigenvalue weighted by atomic mass is 10.0. The molecule has 0 spiro atoms. The standard InChI is InChI=1S/C10H19F3N2/c1-8(2)9-7-14-4-6-15(9)5-3-10(11,12)13/h8-9,14H,3-7H2,1-2H3. The van der Waals surface area contributed by atoms with Crippen molar-refractivity contribution in [1.29, 1.82) is 0 Å². The van der Waals surface area contributed by atoms with Gasteiger partial charge in [-0.05, 0) is 5.92 Å². The van der Waals surface area contributed by atoms with Gasteiger partial charge in [0.2, 0.25) is 0 Å². The van der Waals surface area contributed by atoms with Crippen LogP contribution in [0.2, 0.25) is 0 Å². The molecule has 0 aromatic carbocycles. The summed E-state index contributed by atoms with van der Waals surface area (Å²) in [6.45, 7) is 6.56. The van der Waals surface area contributed by atoms with Crippen molar-refractivity contribution >= 4 is 0 Å². The highest BCUT2D eigenvalue weighted by molar-refractivity contribution is 4.82. The minimum Gasteiger partial charge on any atom is -0.314 e. The highest BCUT2D eigenvalue weighted by atomic mass is 19.4. The number of halogens is 3. The molecule has 1 fully saturated rings. The summed E-state index contributed by atoms with van der Waals surface area (Å²) in [6.07, 6.45) is -4.73. The molecule has 1 saturated heterocycles. The summed E-state index contributed by atoms with van der Waals surface area (Å²) in [5, 5.41) is 3.22. The third-order valence-electron chi connectivity index (χ3n) is 2.85. The summed E-state index contributed by atoms with van der Waals surface area (Å²) in [4.78, 5) is 1.95. The zero-order valence-electron chi connectivity index (χ0n) is 9.27. The average Bonchev–Trinajstić information content (AvgIpc) is 2.14. The van der Waals surface area contributed by atoms with E-state index in [0.29, 0.717) is 5.92 Å². The second-order valence-corrected chi connectivity index (χ2v) is 4.42. The van der Waals surface area contributed by atoms with Crippen molar-refractivity contribution < 1.29 is 13.2 Å². The summed E-state index contributed by atoms with van der Waals surface area (Å²) >= 11 is 0. The Hall–Kier alpha value is -0.290. The Labute approximate surface area is 88.8 Å². The van der Waals surface area contributed by atoms with E-state index in [1.165, 1.54) is 0 Å². The fourth-order valence-corrected chi connectivity index (χ4v) is 1.97. The van der Waals surface area contributed by atoms with Crippen LogP contribution in [0.3, 0.4) is 0 Å². The van der Waals surface area contributed by atoms with Gasteiger partial charge in [-0.3, -0.25) is 4.90 Å². The van der Waals surface area contributed by atoms with E-state index in [-0.39, 0.29) is 12.6 Å². The molecule has 0 saturated carbocycles. The van der Waals surface area contributed by atoms with Gasteiger partial charge in [0, 0.05) is 32.2 Å². The van der Waals surface area contributed by atoms with Gasteiger partial charge in [-0.2, -0.15) is 13.2 Å². The quantitative estimate of drug-likeness (QED) is 0.787. The molecule has 1 heterocycles. The number of nitrogens with zero attached hydrogens (tertiary/aromatic N) is 1. The van der Waals surface area contributed by atoms with E-state index in [2.05, 4.69) is 19.2 Å². The molecular weight excluding hydrogens is 205 g/mol. The lowest BCUT2D eigenvalue weighted by Gasteiger charge is -2.38. The first-order valence-electron chi connectivity index (χ1n) is 5.41. The number of rotatable bonds is 3. The lowest BCUT2D eigenvalue weighted by Crippen LogP contribution is -2.54. The Morgan fingerprint density at radius 3 is 2.60 bits per heavy atom. The number of hydrogen-bond acceptors (Lipinski definition) is 2. The molecule has 1 atom stereocenters. The molecule has 90 valence electrons. The molecule has 0 aromatic rings. The van der Waals surface area contributed by atoms with Gasteiger partial charge in [0.15, 0.2) is 0 Å². The summed E-state index contributed by atoms with van der Waals surface area (Å²) in [5.74, 6) is 0.394. The number of hydrogen-bond donors (Lipinski definition) is 1. The van der Waals surface area contributed by atoms with Gasteiger partial charge >= 0.3 is 6.18 Å². The van der Waals surface area contributed by atoms with Gasteiger partial charge < -0.3 is 5.32 Å². The molecular formula is C10H19F3N2. The Morgan fingerprint density at radius 1 is 1.40 bits per heavy atom. The van der Waals surface area contributed by atoms with Crippen LogP contribution in [-0.2, 0) is 0 Å². The average molecular weight is 224 g/mol. The molecule has 0 amide bonds. The van der Waals surface area contributed by atoms with Crippen LogP contribution >= 0.6 is 0 Å². The van der Waals surface area contributed by atoms with Gasteiger partial charge in [0.1, 0.15) is 0 Å². The zero-order valence-corrected chi connectivity index (χ0v) is 9.27. The molecule has 5 heteroatoms. The predicted octanol–water partition coefficient (Wildman–Crippen LogP) is 1.87. The maximum Gasteiger partial charge on any atom is 0.390 e. The lowest BCUT2D eigenvalue weighted by molar-refractivity contribution is -0.140. The van der Waals surface area contributed by atoms with E-state index in [0.717, 1.165) is 19.6 Å². The SMILES string of the molecule is CC(C)C1CNCCN1CCC(F)(F)F. The second kappa shape index (κ2) is 5.16. The van der Waals surface area contributed by atoms with E-state index >= 15 is 0 Å². The second-order valence-electron chi connectivity index (χ2n) is 4.42. The van der Waals surface area contributed by atoms with Gasteiger partial charge in [0.05, 0.1) is 6.42 Å². The maximum absolute atomic E-state index is 12.1. The van der Waals surface area contributed by atoms with Crippen molar-refractivity contribution in [3.05, 3.63) is 0 Å². The first kappa shape index (κ1) is 12.8. The molecule has 0 aliphatic carbocycles. The number of piperazine rings is 1. The third-order valence-corrected chi connectivity index (χ3v) is 2.85. The molecule has 2 nitrogen and oxygen atoms in total. The van der Waals surface area contributed by atoms with E-state index in [1.54, 1.807) is 0 Å².